The predicted octanol–water partition coefficient (Wildman–Crippen LogP) is 2.10. The highest BCUT2D eigenvalue weighted by Crippen LogP contribution is 2.28. The average Bonchev–Trinajstić information content (AvgIpc) is 2.88. The van der Waals surface area contributed by atoms with Crippen molar-refractivity contribution in [1.29, 1.82) is 0 Å². The molecule has 0 unspecified atom stereocenters. The Bertz CT molecular complexity index is 963. The number of amides is 2. The molecule has 10 heteroatoms. The molecule has 1 aromatic carbocycles. The van der Waals surface area contributed by atoms with E-state index in [2.05, 4.69) is 10.3 Å². The van der Waals surface area contributed by atoms with E-state index in [-0.39, 0.29) is 16.4 Å². The molecular weight excluding hydrogens is 397 g/mol. The van der Waals surface area contributed by atoms with E-state index in [1.54, 1.807) is 18.2 Å². The number of carbonyl (C=O) groups is 4. The van der Waals surface area contributed by atoms with Crippen LogP contribution >= 0.6 is 23.2 Å². The number of halogens is 2. The number of benzene rings is 1. The second-order valence-corrected chi connectivity index (χ2v) is 6.27. The smallest absolute Gasteiger partial charge is 0.326 e. The van der Waals surface area contributed by atoms with Gasteiger partial charge in [-0.3, -0.25) is 24.1 Å². The first-order valence-electron chi connectivity index (χ1n) is 7.58. The van der Waals surface area contributed by atoms with Crippen LogP contribution in [0.2, 0.25) is 10.0 Å². The Morgan fingerprint density at radius 1 is 1.19 bits per heavy atom. The average molecular weight is 408 g/mol. The summed E-state index contributed by atoms with van der Waals surface area (Å²) < 4.78 is 4.85. The molecule has 2 aromatic rings. The van der Waals surface area contributed by atoms with Crippen molar-refractivity contribution in [2.45, 2.75) is 0 Å². The standard InChI is InChI=1S/C17H11Cl2N3O5/c18-9-5-11(19)16(20-6-9)21-13(23)8-27-14(24)7-22-12-4-2-1-3-10(12)15(25)17(22)26/h1-6H,7-8H2,(H,20,21,23). The molecule has 8 nitrogen and oxygen atoms in total. The second-order valence-electron chi connectivity index (χ2n) is 5.43. The van der Waals surface area contributed by atoms with E-state index in [1.807, 2.05) is 0 Å². The van der Waals surface area contributed by atoms with Gasteiger partial charge in [0, 0.05) is 6.20 Å². The fraction of sp³-hybridized carbons (Fsp3) is 0.118. The van der Waals surface area contributed by atoms with Gasteiger partial charge in [-0.25, -0.2) is 4.98 Å². The molecule has 0 bridgehead atoms. The van der Waals surface area contributed by atoms with Gasteiger partial charge in [0.05, 0.1) is 21.3 Å². The molecular formula is C17H11Cl2N3O5. The Morgan fingerprint density at radius 2 is 1.93 bits per heavy atom. The maximum atomic E-state index is 12.0. The van der Waals surface area contributed by atoms with Crippen molar-refractivity contribution >= 4 is 58.3 Å². The highest BCUT2D eigenvalue weighted by molar-refractivity contribution is 6.52. The van der Waals surface area contributed by atoms with E-state index in [0.717, 1.165) is 4.90 Å². The van der Waals surface area contributed by atoms with Crippen molar-refractivity contribution in [3.05, 3.63) is 52.1 Å². The molecule has 27 heavy (non-hydrogen) atoms. The molecule has 0 aliphatic carbocycles. The number of para-hydroxylation sites is 1. The number of aromatic nitrogens is 1. The van der Waals surface area contributed by atoms with Crippen LogP contribution in [-0.2, 0) is 19.1 Å². The van der Waals surface area contributed by atoms with Crippen molar-refractivity contribution in [3.8, 4) is 0 Å². The van der Waals surface area contributed by atoms with Gasteiger partial charge in [-0.2, -0.15) is 0 Å². The third kappa shape index (κ3) is 4.07. The number of esters is 1. The number of nitrogens with one attached hydrogen (secondary N) is 1. The van der Waals surface area contributed by atoms with Gasteiger partial charge in [0.1, 0.15) is 6.54 Å². The molecule has 2 heterocycles. The summed E-state index contributed by atoms with van der Waals surface area (Å²) in [7, 11) is 0. The highest BCUT2D eigenvalue weighted by atomic mass is 35.5. The summed E-state index contributed by atoms with van der Waals surface area (Å²) in [6, 6.07) is 7.69. The molecule has 1 aromatic heterocycles. The molecule has 0 saturated carbocycles. The molecule has 3 rings (SSSR count). The molecule has 0 fully saturated rings. The van der Waals surface area contributed by atoms with Crippen LogP contribution in [0.5, 0.6) is 0 Å². The number of fused-ring (bicyclic) bond motifs is 1. The zero-order valence-corrected chi connectivity index (χ0v) is 15.1. The largest absolute Gasteiger partial charge is 0.454 e. The van der Waals surface area contributed by atoms with Crippen LogP contribution in [0.15, 0.2) is 36.5 Å². The van der Waals surface area contributed by atoms with Crippen molar-refractivity contribution in [3.63, 3.8) is 0 Å². The molecule has 0 atom stereocenters. The Labute approximate surface area is 163 Å². The zero-order chi connectivity index (χ0) is 19.6. The number of ether oxygens (including phenoxy) is 1. The topological polar surface area (TPSA) is 106 Å². The van der Waals surface area contributed by atoms with Crippen LogP contribution in [0, 0.1) is 0 Å². The SMILES string of the molecule is O=C(COC(=O)CN1C(=O)C(=O)c2ccccc21)Nc1ncc(Cl)cc1Cl. The number of Topliss-reactive ketones (excluding diaryl/α,β-unsaturated/α-hetero) is 1. The van der Waals surface area contributed by atoms with Crippen LogP contribution in [0.4, 0.5) is 11.5 Å². The Kier molecular flexibility index (Phi) is 5.38. The van der Waals surface area contributed by atoms with Crippen molar-refractivity contribution in [1.82, 2.24) is 4.98 Å². The molecule has 0 radical (unpaired) electrons. The minimum Gasteiger partial charge on any atom is -0.454 e. The van der Waals surface area contributed by atoms with E-state index in [1.165, 1.54) is 18.3 Å². The van der Waals surface area contributed by atoms with Gasteiger partial charge < -0.3 is 10.1 Å². The van der Waals surface area contributed by atoms with Crippen LogP contribution in [0.25, 0.3) is 0 Å². The van der Waals surface area contributed by atoms with Gasteiger partial charge in [-0.15, -0.1) is 0 Å². The van der Waals surface area contributed by atoms with Gasteiger partial charge in [0.15, 0.2) is 12.4 Å². The van der Waals surface area contributed by atoms with Gasteiger partial charge in [0.25, 0.3) is 17.6 Å². The molecule has 1 aliphatic rings. The third-order valence-corrected chi connectivity index (χ3v) is 4.09. The molecule has 1 N–H and O–H groups in total. The van der Waals surface area contributed by atoms with Crippen molar-refractivity contribution in [2.75, 3.05) is 23.4 Å². The Morgan fingerprint density at radius 3 is 2.67 bits per heavy atom. The number of carbonyl (C=O) groups excluding carboxylic acids is 4. The number of nitrogens with zero attached hydrogens (tertiary/aromatic N) is 2. The minimum atomic E-state index is -0.849. The highest BCUT2D eigenvalue weighted by Gasteiger charge is 2.36. The normalized spacial score (nSPS) is 12.7. The molecule has 0 spiro atoms. The maximum absolute atomic E-state index is 12.0. The first-order valence-corrected chi connectivity index (χ1v) is 8.34. The minimum absolute atomic E-state index is 0.0661. The van der Waals surface area contributed by atoms with E-state index < -0.39 is 36.7 Å². The van der Waals surface area contributed by atoms with Crippen LogP contribution in [0.3, 0.4) is 0 Å². The summed E-state index contributed by atoms with van der Waals surface area (Å²) in [5, 5.41) is 2.79. The first kappa shape index (κ1) is 18.8. The second kappa shape index (κ2) is 7.73. The van der Waals surface area contributed by atoms with E-state index in [0.29, 0.717) is 10.7 Å². The van der Waals surface area contributed by atoms with Gasteiger partial charge in [-0.1, -0.05) is 35.3 Å². The lowest BCUT2D eigenvalue weighted by Gasteiger charge is -2.15. The Hall–Kier alpha value is -2.97. The molecule has 1 aliphatic heterocycles. The van der Waals surface area contributed by atoms with E-state index in [9.17, 15) is 19.2 Å². The molecule has 2 amide bonds. The van der Waals surface area contributed by atoms with Gasteiger partial charge in [-0.05, 0) is 18.2 Å². The van der Waals surface area contributed by atoms with Gasteiger partial charge >= 0.3 is 5.97 Å². The Balaban J connectivity index is 1.56. The number of ketones is 1. The van der Waals surface area contributed by atoms with E-state index >= 15 is 0 Å². The van der Waals surface area contributed by atoms with Crippen molar-refractivity contribution < 1.29 is 23.9 Å². The molecule has 138 valence electrons. The summed E-state index contributed by atoms with van der Waals surface area (Å²) in [5.74, 6) is -2.98. The van der Waals surface area contributed by atoms with E-state index in [4.69, 9.17) is 27.9 Å². The number of pyridine rings is 1. The predicted molar refractivity (Wildman–Crippen MR) is 97.0 cm³/mol. The van der Waals surface area contributed by atoms with Crippen LogP contribution < -0.4 is 10.2 Å². The quantitative estimate of drug-likeness (QED) is 0.600. The van der Waals surface area contributed by atoms with Crippen LogP contribution in [0.1, 0.15) is 10.4 Å². The monoisotopic (exact) mass is 407 g/mol. The summed E-state index contributed by atoms with van der Waals surface area (Å²) in [6.45, 7) is -1.11. The lowest BCUT2D eigenvalue weighted by Crippen LogP contribution is -2.36. The van der Waals surface area contributed by atoms with Gasteiger partial charge in [0.2, 0.25) is 0 Å². The lowest BCUT2D eigenvalue weighted by atomic mass is 10.1. The fourth-order valence-electron chi connectivity index (χ4n) is 2.40. The number of rotatable bonds is 5. The summed E-state index contributed by atoms with van der Waals surface area (Å²) in [4.78, 5) is 52.5. The number of hydrogen-bond acceptors (Lipinski definition) is 6. The maximum Gasteiger partial charge on any atom is 0.326 e. The third-order valence-electron chi connectivity index (χ3n) is 3.60. The molecule has 0 saturated heterocycles. The number of hydrogen-bond donors (Lipinski definition) is 1. The summed E-state index contributed by atoms with van der Waals surface area (Å²) in [6.07, 6.45) is 1.29. The zero-order valence-electron chi connectivity index (χ0n) is 13.6. The lowest BCUT2D eigenvalue weighted by molar-refractivity contribution is -0.146. The fourth-order valence-corrected chi connectivity index (χ4v) is 2.83. The first-order chi connectivity index (χ1) is 12.9. The summed E-state index contributed by atoms with van der Waals surface area (Å²) >= 11 is 11.6. The van der Waals surface area contributed by atoms with Crippen molar-refractivity contribution in [2.24, 2.45) is 0 Å². The number of anilines is 2. The van der Waals surface area contributed by atoms with Crippen LogP contribution in [-0.4, -0.2) is 41.7 Å². The summed E-state index contributed by atoms with van der Waals surface area (Å²) in [5.41, 5.74) is 0.544.